The smallest absolute Gasteiger partial charge is 0.308 e. The summed E-state index contributed by atoms with van der Waals surface area (Å²) in [5.41, 5.74) is -0.104. The SMILES string of the molecule is CC(C)CC(CNC(=O)c1cc(Br)ccc1F)C(=O)O. The lowest BCUT2D eigenvalue weighted by Crippen LogP contribution is -2.34. The summed E-state index contributed by atoms with van der Waals surface area (Å²) in [5.74, 6) is -2.68. The second kappa shape index (κ2) is 7.38. The van der Waals surface area contributed by atoms with E-state index in [0.29, 0.717) is 10.9 Å². The summed E-state index contributed by atoms with van der Waals surface area (Å²) in [7, 11) is 0. The summed E-state index contributed by atoms with van der Waals surface area (Å²) in [4.78, 5) is 22.9. The summed E-state index contributed by atoms with van der Waals surface area (Å²) in [5, 5.41) is 11.5. The Hall–Kier alpha value is -1.43. The Balaban J connectivity index is 2.70. The van der Waals surface area contributed by atoms with Gasteiger partial charge in [0.2, 0.25) is 0 Å². The molecule has 0 aliphatic carbocycles. The standard InChI is InChI=1S/C14H17BrFNO3/c1-8(2)5-9(14(19)20)7-17-13(18)11-6-10(15)3-4-12(11)16/h3-4,6,8-9H,5,7H2,1-2H3,(H,17,18)(H,19,20). The zero-order chi connectivity index (χ0) is 15.3. The molecule has 0 aromatic heterocycles. The number of aliphatic carboxylic acids is 1. The second-order valence-corrected chi connectivity index (χ2v) is 5.91. The highest BCUT2D eigenvalue weighted by atomic mass is 79.9. The first-order valence-corrected chi connectivity index (χ1v) is 7.06. The van der Waals surface area contributed by atoms with Gasteiger partial charge in [-0.2, -0.15) is 0 Å². The van der Waals surface area contributed by atoms with Gasteiger partial charge in [-0.3, -0.25) is 9.59 Å². The predicted octanol–water partition coefficient (Wildman–Crippen LogP) is 3.06. The van der Waals surface area contributed by atoms with Crippen molar-refractivity contribution in [2.75, 3.05) is 6.54 Å². The number of carboxylic acid groups (broad SMARTS) is 1. The van der Waals surface area contributed by atoms with E-state index in [-0.39, 0.29) is 18.0 Å². The molecule has 2 N–H and O–H groups in total. The molecule has 1 amide bonds. The van der Waals surface area contributed by atoms with Crippen LogP contribution in [0, 0.1) is 17.7 Å². The van der Waals surface area contributed by atoms with E-state index >= 15 is 0 Å². The van der Waals surface area contributed by atoms with Gasteiger partial charge in [-0.25, -0.2) is 4.39 Å². The van der Waals surface area contributed by atoms with Gasteiger partial charge in [-0.1, -0.05) is 29.8 Å². The van der Waals surface area contributed by atoms with E-state index in [1.165, 1.54) is 18.2 Å². The van der Waals surface area contributed by atoms with Crippen molar-refractivity contribution in [2.45, 2.75) is 20.3 Å². The molecule has 0 saturated carbocycles. The van der Waals surface area contributed by atoms with Gasteiger partial charge in [0.05, 0.1) is 11.5 Å². The average molecular weight is 346 g/mol. The molecule has 1 aromatic rings. The third-order valence-electron chi connectivity index (χ3n) is 2.79. The van der Waals surface area contributed by atoms with Crippen LogP contribution in [0.2, 0.25) is 0 Å². The van der Waals surface area contributed by atoms with Gasteiger partial charge < -0.3 is 10.4 Å². The Morgan fingerprint density at radius 3 is 2.60 bits per heavy atom. The number of carboxylic acids is 1. The molecule has 0 aliphatic heterocycles. The predicted molar refractivity (Wildman–Crippen MR) is 77.0 cm³/mol. The normalized spacial score (nSPS) is 12.2. The number of nitrogens with one attached hydrogen (secondary N) is 1. The molecule has 0 spiro atoms. The minimum atomic E-state index is -0.964. The Kier molecular flexibility index (Phi) is 6.13. The first-order valence-electron chi connectivity index (χ1n) is 6.27. The summed E-state index contributed by atoms with van der Waals surface area (Å²) in [6, 6.07) is 4.04. The van der Waals surface area contributed by atoms with Crippen LogP contribution in [0.5, 0.6) is 0 Å². The quantitative estimate of drug-likeness (QED) is 0.832. The van der Waals surface area contributed by atoms with Crippen molar-refractivity contribution in [3.63, 3.8) is 0 Å². The number of hydrogen-bond acceptors (Lipinski definition) is 2. The molecule has 0 radical (unpaired) electrons. The van der Waals surface area contributed by atoms with E-state index in [2.05, 4.69) is 21.2 Å². The van der Waals surface area contributed by atoms with Gasteiger partial charge in [0, 0.05) is 11.0 Å². The monoisotopic (exact) mass is 345 g/mol. The third kappa shape index (κ3) is 4.92. The first kappa shape index (κ1) is 16.6. The van der Waals surface area contributed by atoms with Crippen molar-refractivity contribution in [1.82, 2.24) is 5.32 Å². The van der Waals surface area contributed by atoms with Gasteiger partial charge in [0.15, 0.2) is 0 Å². The van der Waals surface area contributed by atoms with Crippen LogP contribution in [0.4, 0.5) is 4.39 Å². The number of rotatable bonds is 6. The minimum absolute atomic E-state index is 0.0156. The fraction of sp³-hybridized carbons (Fsp3) is 0.429. The lowest BCUT2D eigenvalue weighted by atomic mass is 9.97. The van der Waals surface area contributed by atoms with Gasteiger partial charge in [0.25, 0.3) is 5.91 Å². The second-order valence-electron chi connectivity index (χ2n) is 5.00. The van der Waals surface area contributed by atoms with Crippen LogP contribution < -0.4 is 5.32 Å². The van der Waals surface area contributed by atoms with Crippen LogP contribution in [0.25, 0.3) is 0 Å². The minimum Gasteiger partial charge on any atom is -0.481 e. The Morgan fingerprint density at radius 2 is 2.05 bits per heavy atom. The molecule has 110 valence electrons. The molecular weight excluding hydrogens is 329 g/mol. The third-order valence-corrected chi connectivity index (χ3v) is 3.28. The highest BCUT2D eigenvalue weighted by Crippen LogP contribution is 2.16. The first-order chi connectivity index (χ1) is 9.31. The molecule has 1 aromatic carbocycles. The maximum Gasteiger partial charge on any atom is 0.308 e. The van der Waals surface area contributed by atoms with Crippen molar-refractivity contribution in [3.05, 3.63) is 34.1 Å². The van der Waals surface area contributed by atoms with E-state index in [1.54, 1.807) is 0 Å². The molecule has 1 atom stereocenters. The summed E-state index contributed by atoms with van der Waals surface area (Å²) < 4.78 is 14.1. The number of amides is 1. The Labute approximate surface area is 125 Å². The molecule has 4 nitrogen and oxygen atoms in total. The van der Waals surface area contributed by atoms with Gasteiger partial charge in [-0.15, -0.1) is 0 Å². The van der Waals surface area contributed by atoms with Crippen molar-refractivity contribution < 1.29 is 19.1 Å². The largest absolute Gasteiger partial charge is 0.481 e. The van der Waals surface area contributed by atoms with Crippen LogP contribution in [0.15, 0.2) is 22.7 Å². The van der Waals surface area contributed by atoms with Crippen LogP contribution in [-0.4, -0.2) is 23.5 Å². The highest BCUT2D eigenvalue weighted by molar-refractivity contribution is 9.10. The fourth-order valence-corrected chi connectivity index (χ4v) is 2.18. The molecular formula is C14H17BrFNO3. The number of carbonyl (C=O) groups is 2. The molecule has 1 unspecified atom stereocenters. The zero-order valence-corrected chi connectivity index (χ0v) is 12.9. The lowest BCUT2D eigenvalue weighted by Gasteiger charge is -2.15. The maximum absolute atomic E-state index is 13.5. The van der Waals surface area contributed by atoms with Crippen LogP contribution >= 0.6 is 15.9 Å². The van der Waals surface area contributed by atoms with Gasteiger partial charge in [0.1, 0.15) is 5.82 Å². The summed E-state index contributed by atoms with van der Waals surface area (Å²) in [6.45, 7) is 3.80. The van der Waals surface area contributed by atoms with Crippen LogP contribution in [-0.2, 0) is 4.79 Å². The lowest BCUT2D eigenvalue weighted by molar-refractivity contribution is -0.142. The molecule has 1 rings (SSSR count). The average Bonchev–Trinajstić information content (AvgIpc) is 2.36. The number of benzene rings is 1. The Morgan fingerprint density at radius 1 is 1.40 bits per heavy atom. The van der Waals surface area contributed by atoms with E-state index < -0.39 is 23.6 Å². The maximum atomic E-state index is 13.5. The Bertz CT molecular complexity index is 505. The van der Waals surface area contributed by atoms with Crippen molar-refractivity contribution in [2.24, 2.45) is 11.8 Å². The summed E-state index contributed by atoms with van der Waals surface area (Å²) in [6.07, 6.45) is 0.455. The molecule has 6 heteroatoms. The van der Waals surface area contributed by atoms with E-state index in [9.17, 15) is 14.0 Å². The molecule has 0 saturated heterocycles. The number of hydrogen-bond donors (Lipinski definition) is 2. The highest BCUT2D eigenvalue weighted by Gasteiger charge is 2.21. The topological polar surface area (TPSA) is 66.4 Å². The zero-order valence-electron chi connectivity index (χ0n) is 11.3. The van der Waals surface area contributed by atoms with Crippen LogP contribution in [0.3, 0.4) is 0 Å². The number of halogens is 2. The van der Waals surface area contributed by atoms with E-state index in [0.717, 1.165) is 0 Å². The van der Waals surface area contributed by atoms with Crippen molar-refractivity contribution >= 4 is 27.8 Å². The summed E-state index contributed by atoms with van der Waals surface area (Å²) >= 11 is 3.16. The molecule has 0 aliphatic rings. The molecule has 0 bridgehead atoms. The van der Waals surface area contributed by atoms with Crippen molar-refractivity contribution in [1.29, 1.82) is 0 Å². The van der Waals surface area contributed by atoms with Gasteiger partial charge >= 0.3 is 5.97 Å². The fourth-order valence-electron chi connectivity index (χ4n) is 1.82. The molecule has 0 heterocycles. The van der Waals surface area contributed by atoms with Gasteiger partial charge in [-0.05, 0) is 30.5 Å². The molecule has 0 fully saturated rings. The van der Waals surface area contributed by atoms with Crippen molar-refractivity contribution in [3.8, 4) is 0 Å². The van der Waals surface area contributed by atoms with Crippen LogP contribution in [0.1, 0.15) is 30.6 Å². The molecule has 20 heavy (non-hydrogen) atoms. The van der Waals surface area contributed by atoms with E-state index in [4.69, 9.17) is 5.11 Å². The van der Waals surface area contributed by atoms with E-state index in [1.807, 2.05) is 13.8 Å². The number of carbonyl (C=O) groups excluding carboxylic acids is 1.